The van der Waals surface area contributed by atoms with Gasteiger partial charge in [0, 0.05) is 22.4 Å². The van der Waals surface area contributed by atoms with Crippen molar-refractivity contribution in [3.05, 3.63) is 96.8 Å². The lowest BCUT2D eigenvalue weighted by Crippen LogP contribution is -2.26. The Morgan fingerprint density at radius 3 is 2.55 bits per heavy atom. The number of benzene rings is 2. The van der Waals surface area contributed by atoms with Gasteiger partial charge in [-0.1, -0.05) is 58.4 Å². The third kappa shape index (κ3) is 5.00. The highest BCUT2D eigenvalue weighted by Gasteiger charge is 2.23. The van der Waals surface area contributed by atoms with E-state index < -0.39 is 0 Å². The molecule has 1 unspecified atom stereocenters. The number of hydrogen-bond acceptors (Lipinski definition) is 5. The summed E-state index contributed by atoms with van der Waals surface area (Å²) in [5.41, 5.74) is 3.08. The van der Waals surface area contributed by atoms with E-state index in [1.165, 1.54) is 0 Å². The molecule has 1 N–H and O–H groups in total. The van der Waals surface area contributed by atoms with E-state index in [9.17, 15) is 4.79 Å². The molecule has 9 heteroatoms. The summed E-state index contributed by atoms with van der Waals surface area (Å²) in [6, 6.07) is 19.8. The number of tetrazole rings is 1. The largest absolute Gasteiger partial charge is 0.367 e. The summed E-state index contributed by atoms with van der Waals surface area (Å²) in [4.78, 5) is 13.1. The van der Waals surface area contributed by atoms with Crippen LogP contribution in [0.4, 0.5) is 0 Å². The van der Waals surface area contributed by atoms with Crippen LogP contribution in [0.25, 0.3) is 11.4 Å². The second-order valence-corrected chi connectivity index (χ2v) is 8.79. The van der Waals surface area contributed by atoms with Gasteiger partial charge in [0.1, 0.15) is 6.10 Å². The predicted octanol–water partition coefficient (Wildman–Crippen LogP) is 4.59. The van der Waals surface area contributed by atoms with Crippen LogP contribution < -0.4 is 5.56 Å². The van der Waals surface area contributed by atoms with E-state index in [-0.39, 0.29) is 11.7 Å². The summed E-state index contributed by atoms with van der Waals surface area (Å²) >= 11 is 7.17. The Bertz CT molecular complexity index is 1230. The van der Waals surface area contributed by atoms with Crippen LogP contribution in [0.3, 0.4) is 0 Å². The number of H-pyrrole nitrogens is 1. The fraction of sp³-hybridized carbons (Fsp3) is 0.182. The third-order valence-electron chi connectivity index (χ3n) is 4.92. The van der Waals surface area contributed by atoms with Gasteiger partial charge in [0.15, 0.2) is 5.82 Å². The van der Waals surface area contributed by atoms with Gasteiger partial charge in [-0.3, -0.25) is 4.79 Å². The van der Waals surface area contributed by atoms with Gasteiger partial charge in [0.05, 0.1) is 17.9 Å². The van der Waals surface area contributed by atoms with Crippen molar-refractivity contribution in [3.8, 4) is 11.4 Å². The second kappa shape index (κ2) is 9.67. The average molecular weight is 545 g/mol. The van der Waals surface area contributed by atoms with Gasteiger partial charge in [-0.15, -0.1) is 5.10 Å². The smallest absolute Gasteiger partial charge is 0.261 e. The Morgan fingerprint density at radius 1 is 1.06 bits per heavy atom. The molecular formula is C22H19Br2N5O2. The van der Waals surface area contributed by atoms with E-state index in [0.717, 1.165) is 25.8 Å². The summed E-state index contributed by atoms with van der Waals surface area (Å²) < 4.78 is 9.68. The van der Waals surface area contributed by atoms with Crippen molar-refractivity contribution >= 4 is 31.9 Å². The summed E-state index contributed by atoms with van der Waals surface area (Å²) in [5, 5.41) is 13.7. The number of nitrogens with one attached hydrogen (secondary N) is 1. The Labute approximate surface area is 195 Å². The van der Waals surface area contributed by atoms with Gasteiger partial charge in [0.2, 0.25) is 0 Å². The van der Waals surface area contributed by atoms with Crippen molar-refractivity contribution in [2.24, 2.45) is 7.05 Å². The first-order valence-electron chi connectivity index (χ1n) is 9.56. The Balaban J connectivity index is 1.73. The molecule has 0 fully saturated rings. The number of aromatic amines is 1. The summed E-state index contributed by atoms with van der Waals surface area (Å²) in [6.45, 7) is 0.425. The van der Waals surface area contributed by atoms with Gasteiger partial charge < -0.3 is 9.30 Å². The van der Waals surface area contributed by atoms with Crippen molar-refractivity contribution in [2.75, 3.05) is 0 Å². The third-order valence-corrected chi connectivity index (χ3v) is 6.05. The van der Waals surface area contributed by atoms with Crippen molar-refractivity contribution in [1.29, 1.82) is 0 Å². The minimum Gasteiger partial charge on any atom is -0.367 e. The fourth-order valence-electron chi connectivity index (χ4n) is 3.41. The fourth-order valence-corrected chi connectivity index (χ4v) is 4.61. The van der Waals surface area contributed by atoms with E-state index in [1.54, 1.807) is 17.7 Å². The highest BCUT2D eigenvalue weighted by molar-refractivity contribution is 9.10. The molecule has 0 aliphatic carbocycles. The van der Waals surface area contributed by atoms with Crippen LogP contribution in [0.5, 0.6) is 0 Å². The lowest BCUT2D eigenvalue weighted by molar-refractivity contribution is 0.0341. The first kappa shape index (κ1) is 21.6. The quantitative estimate of drug-likeness (QED) is 0.368. The molecule has 7 nitrogen and oxygen atoms in total. The van der Waals surface area contributed by atoms with Crippen LogP contribution in [-0.2, 0) is 24.8 Å². The number of aromatic nitrogens is 5. The molecule has 0 saturated heterocycles. The maximum Gasteiger partial charge on any atom is 0.261 e. The summed E-state index contributed by atoms with van der Waals surface area (Å²) in [7, 11) is 1.73. The van der Waals surface area contributed by atoms with Gasteiger partial charge in [0.25, 0.3) is 5.56 Å². The zero-order chi connectivity index (χ0) is 21.8. The van der Waals surface area contributed by atoms with E-state index in [4.69, 9.17) is 4.74 Å². The van der Waals surface area contributed by atoms with Gasteiger partial charge in [-0.2, -0.15) is 0 Å². The van der Waals surface area contributed by atoms with Gasteiger partial charge >= 0.3 is 0 Å². The molecule has 0 bridgehead atoms. The van der Waals surface area contributed by atoms with E-state index >= 15 is 0 Å². The standard InChI is InChI=1S/C22H19Br2N5O2/c1-29-20(18(24)12-17(22(29)30)21-25-27-28-26-21)19(11-15-8-5-9-16(23)10-15)31-13-14-6-3-2-4-7-14/h2-10,12,19H,11,13H2,1H3,(H,25,26,27,28). The summed E-state index contributed by atoms with van der Waals surface area (Å²) in [6.07, 6.45) is 0.241. The monoisotopic (exact) mass is 543 g/mol. The first-order chi connectivity index (χ1) is 15.0. The van der Waals surface area contributed by atoms with E-state index in [1.807, 2.05) is 48.5 Å². The molecule has 0 aliphatic rings. The average Bonchev–Trinajstić information content (AvgIpc) is 3.30. The van der Waals surface area contributed by atoms with Crippen LogP contribution in [0, 0.1) is 0 Å². The van der Waals surface area contributed by atoms with Crippen molar-refractivity contribution in [1.82, 2.24) is 25.2 Å². The van der Waals surface area contributed by atoms with E-state index in [0.29, 0.717) is 24.4 Å². The minimum atomic E-state index is -0.358. The molecule has 2 aromatic heterocycles. The lowest BCUT2D eigenvalue weighted by Gasteiger charge is -2.23. The number of halogens is 2. The SMILES string of the molecule is Cn1c(C(Cc2cccc(Br)c2)OCc2ccccc2)c(Br)cc(-c2nnn[nH]2)c1=O. The molecule has 0 saturated carbocycles. The van der Waals surface area contributed by atoms with Crippen molar-refractivity contribution in [2.45, 2.75) is 19.1 Å². The minimum absolute atomic E-state index is 0.209. The zero-order valence-electron chi connectivity index (χ0n) is 16.6. The second-order valence-electron chi connectivity index (χ2n) is 7.02. The molecule has 0 amide bonds. The molecular weight excluding hydrogens is 526 g/mol. The Hall–Kier alpha value is -2.62. The van der Waals surface area contributed by atoms with Crippen molar-refractivity contribution in [3.63, 3.8) is 0 Å². The summed E-state index contributed by atoms with van der Waals surface area (Å²) in [5.74, 6) is 0.321. The van der Waals surface area contributed by atoms with Gasteiger partial charge in [-0.25, -0.2) is 5.10 Å². The first-order valence-corrected chi connectivity index (χ1v) is 11.1. The van der Waals surface area contributed by atoms with Crippen LogP contribution in [0.1, 0.15) is 22.9 Å². The lowest BCUT2D eigenvalue weighted by atomic mass is 10.0. The van der Waals surface area contributed by atoms with Crippen LogP contribution in [0.15, 0.2) is 74.4 Å². The number of pyridine rings is 1. The highest BCUT2D eigenvalue weighted by atomic mass is 79.9. The maximum atomic E-state index is 13.1. The number of nitrogens with zero attached hydrogens (tertiary/aromatic N) is 4. The molecule has 2 heterocycles. The Kier molecular flexibility index (Phi) is 6.74. The van der Waals surface area contributed by atoms with Crippen LogP contribution >= 0.6 is 31.9 Å². The van der Waals surface area contributed by atoms with E-state index in [2.05, 4.69) is 58.6 Å². The topological polar surface area (TPSA) is 85.7 Å². The van der Waals surface area contributed by atoms with Gasteiger partial charge in [-0.05, 0) is 55.7 Å². The number of ether oxygens (including phenoxy) is 1. The van der Waals surface area contributed by atoms with Crippen LogP contribution in [-0.4, -0.2) is 25.2 Å². The number of rotatable bonds is 7. The Morgan fingerprint density at radius 2 is 1.84 bits per heavy atom. The molecule has 2 aromatic carbocycles. The molecule has 1 atom stereocenters. The molecule has 158 valence electrons. The van der Waals surface area contributed by atoms with Crippen molar-refractivity contribution < 1.29 is 4.74 Å². The maximum absolute atomic E-state index is 13.1. The molecule has 31 heavy (non-hydrogen) atoms. The molecule has 0 radical (unpaired) electrons. The highest BCUT2D eigenvalue weighted by Crippen LogP contribution is 2.31. The zero-order valence-corrected chi connectivity index (χ0v) is 19.8. The number of hydrogen-bond donors (Lipinski definition) is 1. The molecule has 0 spiro atoms. The predicted molar refractivity (Wildman–Crippen MR) is 124 cm³/mol. The molecule has 0 aliphatic heterocycles. The molecule has 4 aromatic rings. The normalized spacial score (nSPS) is 12.1. The molecule has 4 rings (SSSR count). The van der Waals surface area contributed by atoms with Crippen LogP contribution in [0.2, 0.25) is 0 Å².